The minimum Gasteiger partial charge on any atom is -0.387 e. The molecule has 3 aromatic rings. The molecule has 1 aromatic heterocycles. The van der Waals surface area contributed by atoms with Gasteiger partial charge in [0.2, 0.25) is 5.91 Å². The molecule has 264 valence electrons. The SMILES string of the molecule is CCCN(CCC)C(=O)C1=Cc2ccc(C(=O)Nc3cnc4c(c3)CN(Cc3ccc(C(=O)NCC(F)(F)CC)cc3)CC4)cc2N=C(N)C1. The molecule has 50 heavy (non-hydrogen) atoms. The number of nitrogens with two attached hydrogens (primary N) is 1. The minimum atomic E-state index is -2.93. The van der Waals surface area contributed by atoms with Crippen molar-refractivity contribution in [3.63, 3.8) is 0 Å². The Kier molecular flexibility index (Phi) is 11.7. The van der Waals surface area contributed by atoms with Crippen molar-refractivity contribution >= 4 is 41.0 Å². The topological polar surface area (TPSA) is 133 Å². The summed E-state index contributed by atoms with van der Waals surface area (Å²) in [7, 11) is 0. The molecule has 0 saturated carbocycles. The number of carbonyl (C=O) groups is 3. The largest absolute Gasteiger partial charge is 0.387 e. The highest BCUT2D eigenvalue weighted by molar-refractivity contribution is 6.08. The molecule has 0 spiro atoms. The van der Waals surface area contributed by atoms with E-state index in [0.717, 1.165) is 48.2 Å². The Hall–Kier alpha value is -4.97. The van der Waals surface area contributed by atoms with Gasteiger partial charge in [-0.15, -0.1) is 0 Å². The molecule has 0 radical (unpaired) electrons. The van der Waals surface area contributed by atoms with Gasteiger partial charge in [-0.05, 0) is 60.4 Å². The maximum Gasteiger partial charge on any atom is 0.264 e. The molecular formula is C38H45F2N7O3. The first-order chi connectivity index (χ1) is 24.0. The molecular weight excluding hydrogens is 640 g/mol. The fourth-order valence-electron chi connectivity index (χ4n) is 6.07. The first-order valence-electron chi connectivity index (χ1n) is 17.2. The van der Waals surface area contributed by atoms with Gasteiger partial charge in [-0.2, -0.15) is 0 Å². The molecule has 0 unspecified atom stereocenters. The van der Waals surface area contributed by atoms with E-state index >= 15 is 0 Å². The van der Waals surface area contributed by atoms with Gasteiger partial charge in [0.25, 0.3) is 17.7 Å². The van der Waals surface area contributed by atoms with E-state index in [4.69, 9.17) is 5.73 Å². The van der Waals surface area contributed by atoms with Gasteiger partial charge in [-0.25, -0.2) is 13.8 Å². The van der Waals surface area contributed by atoms with Crippen molar-refractivity contribution in [3.05, 3.63) is 93.8 Å². The first kappa shape index (κ1) is 36.3. The number of nitrogens with zero attached hydrogens (tertiary/aromatic N) is 4. The summed E-state index contributed by atoms with van der Waals surface area (Å²) >= 11 is 0. The number of hydrogen-bond acceptors (Lipinski definition) is 7. The van der Waals surface area contributed by atoms with Gasteiger partial charge in [-0.3, -0.25) is 24.3 Å². The summed E-state index contributed by atoms with van der Waals surface area (Å²) in [5.41, 5.74) is 12.3. The van der Waals surface area contributed by atoms with Gasteiger partial charge in [0.15, 0.2) is 0 Å². The summed E-state index contributed by atoms with van der Waals surface area (Å²) in [5, 5.41) is 5.26. The van der Waals surface area contributed by atoms with E-state index in [0.29, 0.717) is 60.1 Å². The van der Waals surface area contributed by atoms with Crippen LogP contribution in [0.3, 0.4) is 0 Å². The van der Waals surface area contributed by atoms with E-state index in [1.807, 2.05) is 43.0 Å². The third kappa shape index (κ3) is 9.17. The van der Waals surface area contributed by atoms with Crippen molar-refractivity contribution < 1.29 is 23.2 Å². The van der Waals surface area contributed by atoms with Gasteiger partial charge in [0, 0.05) is 79.9 Å². The zero-order valence-corrected chi connectivity index (χ0v) is 28.9. The lowest BCUT2D eigenvalue weighted by atomic mass is 10.0. The lowest BCUT2D eigenvalue weighted by Crippen LogP contribution is -2.36. The van der Waals surface area contributed by atoms with Crippen LogP contribution in [-0.4, -0.2) is 70.4 Å². The molecule has 0 bridgehead atoms. The number of rotatable bonds is 13. The Morgan fingerprint density at radius 1 is 0.980 bits per heavy atom. The van der Waals surface area contributed by atoms with Crippen LogP contribution in [0.5, 0.6) is 0 Å². The number of anilines is 1. The van der Waals surface area contributed by atoms with Crippen LogP contribution in [0.15, 0.2) is 65.3 Å². The molecule has 0 atom stereocenters. The molecule has 4 N–H and O–H groups in total. The fraction of sp³-hybridized carbons (Fsp3) is 0.395. The van der Waals surface area contributed by atoms with Gasteiger partial charge in [-0.1, -0.05) is 39.0 Å². The number of nitrogens with one attached hydrogen (secondary N) is 2. The second kappa shape index (κ2) is 16.2. The third-order valence-electron chi connectivity index (χ3n) is 8.83. The lowest BCUT2D eigenvalue weighted by Gasteiger charge is -2.28. The number of aromatic nitrogens is 1. The van der Waals surface area contributed by atoms with Crippen LogP contribution in [0.1, 0.15) is 89.6 Å². The predicted octanol–water partition coefficient (Wildman–Crippen LogP) is 6.09. The van der Waals surface area contributed by atoms with Crippen LogP contribution in [-0.2, 0) is 24.3 Å². The van der Waals surface area contributed by atoms with Crippen molar-refractivity contribution in [1.29, 1.82) is 0 Å². The highest BCUT2D eigenvalue weighted by Crippen LogP contribution is 2.29. The number of fused-ring (bicyclic) bond motifs is 2. The van der Waals surface area contributed by atoms with Crippen LogP contribution in [0.2, 0.25) is 0 Å². The number of amides is 3. The summed E-state index contributed by atoms with van der Waals surface area (Å²) in [4.78, 5) is 52.2. The van der Waals surface area contributed by atoms with Crippen LogP contribution >= 0.6 is 0 Å². The zero-order valence-electron chi connectivity index (χ0n) is 28.9. The number of halogens is 2. The van der Waals surface area contributed by atoms with Crippen molar-refractivity contribution in [2.75, 3.05) is 31.5 Å². The summed E-state index contributed by atoms with van der Waals surface area (Å²) < 4.78 is 27.0. The average molecular weight is 686 g/mol. The summed E-state index contributed by atoms with van der Waals surface area (Å²) in [5.74, 6) is -3.51. The Balaban J connectivity index is 1.22. The van der Waals surface area contributed by atoms with E-state index in [1.54, 1.807) is 36.5 Å². The highest BCUT2D eigenvalue weighted by atomic mass is 19.3. The van der Waals surface area contributed by atoms with Crippen molar-refractivity contribution in [2.45, 2.75) is 71.9 Å². The molecule has 12 heteroatoms. The van der Waals surface area contributed by atoms with Crippen molar-refractivity contribution in [1.82, 2.24) is 20.1 Å². The predicted molar refractivity (Wildman–Crippen MR) is 192 cm³/mol. The van der Waals surface area contributed by atoms with E-state index in [-0.39, 0.29) is 24.7 Å². The molecule has 5 rings (SSSR count). The molecule has 0 fully saturated rings. The molecule has 10 nitrogen and oxygen atoms in total. The second-order valence-electron chi connectivity index (χ2n) is 12.8. The van der Waals surface area contributed by atoms with Gasteiger partial charge in [0.05, 0.1) is 24.1 Å². The van der Waals surface area contributed by atoms with Gasteiger partial charge < -0.3 is 21.3 Å². The summed E-state index contributed by atoms with van der Waals surface area (Å²) in [6.45, 7) is 8.16. The van der Waals surface area contributed by atoms with E-state index in [1.165, 1.54) is 6.92 Å². The average Bonchev–Trinajstić information content (AvgIpc) is 3.28. The Morgan fingerprint density at radius 2 is 1.70 bits per heavy atom. The number of amidine groups is 1. The molecule has 0 aliphatic carbocycles. The zero-order chi connectivity index (χ0) is 35.8. The van der Waals surface area contributed by atoms with E-state index in [2.05, 4.69) is 25.5 Å². The number of carbonyl (C=O) groups excluding carboxylic acids is 3. The van der Waals surface area contributed by atoms with E-state index < -0.39 is 18.4 Å². The Labute approximate surface area is 291 Å². The minimum absolute atomic E-state index is 0.0446. The number of hydrogen-bond donors (Lipinski definition) is 3. The van der Waals surface area contributed by atoms with Crippen LogP contribution in [0, 0.1) is 0 Å². The van der Waals surface area contributed by atoms with Crippen molar-refractivity contribution in [3.8, 4) is 0 Å². The summed E-state index contributed by atoms with van der Waals surface area (Å²) in [6, 6.07) is 14.1. The molecule has 2 aliphatic heterocycles. The highest BCUT2D eigenvalue weighted by Gasteiger charge is 2.27. The molecule has 3 heterocycles. The molecule has 0 saturated heterocycles. The lowest BCUT2D eigenvalue weighted by molar-refractivity contribution is -0.127. The molecule has 3 amide bonds. The van der Waals surface area contributed by atoms with Crippen LogP contribution < -0.4 is 16.4 Å². The van der Waals surface area contributed by atoms with Crippen molar-refractivity contribution in [2.24, 2.45) is 10.7 Å². The normalized spacial score (nSPS) is 14.4. The Morgan fingerprint density at radius 3 is 2.40 bits per heavy atom. The fourth-order valence-corrected chi connectivity index (χ4v) is 6.07. The number of alkyl halides is 2. The standard InChI is InChI=1S/C38H45F2N7O3/c1-4-14-47(15-5-2)37(50)29-17-27-11-12-28(19-33(27)45-34(41)20-29)36(49)44-31-18-30-23-46(16-13-32(30)42-21-31)22-25-7-9-26(10-8-25)35(48)43-24-38(39,40)6-3/h7-12,17-19,21H,4-6,13-16,20,22-24H2,1-3H3,(H2,41,45)(H,43,48)(H,44,49). The van der Waals surface area contributed by atoms with Crippen LogP contribution in [0.25, 0.3) is 6.08 Å². The van der Waals surface area contributed by atoms with Gasteiger partial charge in [0.1, 0.15) is 5.84 Å². The molecule has 2 aliphatic rings. The number of aliphatic imine (C=N–C) groups is 1. The van der Waals surface area contributed by atoms with Crippen LogP contribution in [0.4, 0.5) is 20.2 Å². The maximum absolute atomic E-state index is 13.5. The summed E-state index contributed by atoms with van der Waals surface area (Å²) in [6.07, 6.45) is 5.85. The quantitative estimate of drug-likeness (QED) is 0.200. The second-order valence-corrected chi connectivity index (χ2v) is 12.8. The smallest absolute Gasteiger partial charge is 0.264 e. The molecule has 2 aromatic carbocycles. The third-order valence-corrected chi connectivity index (χ3v) is 8.83. The first-order valence-corrected chi connectivity index (χ1v) is 17.2. The Bertz CT molecular complexity index is 1780. The monoisotopic (exact) mass is 685 g/mol. The number of pyridine rings is 1. The van der Waals surface area contributed by atoms with Gasteiger partial charge >= 0.3 is 0 Å². The maximum atomic E-state index is 13.5. The number of benzene rings is 2. The van der Waals surface area contributed by atoms with E-state index in [9.17, 15) is 23.2 Å².